The van der Waals surface area contributed by atoms with E-state index >= 15 is 0 Å². The van der Waals surface area contributed by atoms with E-state index in [4.69, 9.17) is 21.1 Å². The largest absolute Gasteiger partial charge is 0.496 e. The van der Waals surface area contributed by atoms with Crippen molar-refractivity contribution < 1.29 is 22.7 Å². The van der Waals surface area contributed by atoms with Crippen molar-refractivity contribution in [3.8, 4) is 11.5 Å². The summed E-state index contributed by atoms with van der Waals surface area (Å²) in [6.45, 7) is 4.73. The van der Waals surface area contributed by atoms with E-state index in [-0.39, 0.29) is 40.9 Å². The molecule has 1 aliphatic rings. The van der Waals surface area contributed by atoms with Gasteiger partial charge in [-0.05, 0) is 51.0 Å². The quantitative estimate of drug-likeness (QED) is 0.616. The van der Waals surface area contributed by atoms with Gasteiger partial charge >= 0.3 is 0 Å². The molecule has 1 aliphatic heterocycles. The van der Waals surface area contributed by atoms with Crippen molar-refractivity contribution in [3.05, 3.63) is 53.1 Å². The molecule has 1 atom stereocenters. The van der Waals surface area contributed by atoms with E-state index in [1.54, 1.807) is 13.2 Å². The molecule has 0 saturated carbocycles. The number of halogens is 1. The predicted molar refractivity (Wildman–Crippen MR) is 124 cm³/mol. The van der Waals surface area contributed by atoms with Gasteiger partial charge in [-0.2, -0.15) is 4.31 Å². The lowest BCUT2D eigenvalue weighted by atomic mass is 9.96. The van der Waals surface area contributed by atoms with Crippen LogP contribution in [-0.2, 0) is 14.8 Å². The number of hydrogen-bond acceptors (Lipinski definition) is 5. The molecular weight excluding hydrogens is 452 g/mol. The van der Waals surface area contributed by atoms with E-state index in [0.717, 1.165) is 11.3 Å². The minimum absolute atomic E-state index is 0.0791. The van der Waals surface area contributed by atoms with E-state index in [1.807, 2.05) is 38.1 Å². The first-order valence-corrected chi connectivity index (χ1v) is 12.5. The number of para-hydroxylation sites is 1. The van der Waals surface area contributed by atoms with Gasteiger partial charge in [0.2, 0.25) is 15.9 Å². The van der Waals surface area contributed by atoms with E-state index < -0.39 is 10.0 Å². The first kappa shape index (κ1) is 24.4. The average Bonchev–Trinajstić information content (AvgIpc) is 2.80. The monoisotopic (exact) mass is 480 g/mol. The second-order valence-electron chi connectivity index (χ2n) is 7.68. The van der Waals surface area contributed by atoms with Crippen LogP contribution in [0.2, 0.25) is 5.02 Å². The van der Waals surface area contributed by atoms with Crippen LogP contribution in [0.15, 0.2) is 47.4 Å². The lowest BCUT2D eigenvalue weighted by Gasteiger charge is -2.31. The Morgan fingerprint density at radius 1 is 1.19 bits per heavy atom. The van der Waals surface area contributed by atoms with E-state index in [0.29, 0.717) is 25.2 Å². The highest BCUT2D eigenvalue weighted by atomic mass is 35.5. The van der Waals surface area contributed by atoms with Crippen LogP contribution in [0.25, 0.3) is 0 Å². The molecule has 2 aromatic carbocycles. The summed E-state index contributed by atoms with van der Waals surface area (Å²) in [5, 5.41) is 3.29. The minimum Gasteiger partial charge on any atom is -0.496 e. The standard InChI is InChI=1S/C23H29ClN2O5S/c1-4-31-22-10-9-18(15-20(22)24)32(28,29)26-13-11-17(12-14-26)23(27)25-16(2)19-7-5-6-8-21(19)30-3/h5-10,15-17H,4,11-14H2,1-3H3,(H,25,27). The molecule has 1 unspecified atom stereocenters. The molecule has 2 aromatic rings. The lowest BCUT2D eigenvalue weighted by Crippen LogP contribution is -2.43. The van der Waals surface area contributed by atoms with Gasteiger partial charge in [-0.25, -0.2) is 8.42 Å². The van der Waals surface area contributed by atoms with Gasteiger partial charge in [-0.3, -0.25) is 4.79 Å². The Balaban J connectivity index is 1.61. The Kier molecular flexibility index (Phi) is 8.03. The summed E-state index contributed by atoms with van der Waals surface area (Å²) >= 11 is 6.17. The molecule has 1 N–H and O–H groups in total. The van der Waals surface area contributed by atoms with Crippen LogP contribution in [0.5, 0.6) is 11.5 Å². The lowest BCUT2D eigenvalue weighted by molar-refractivity contribution is -0.126. The van der Waals surface area contributed by atoms with E-state index in [9.17, 15) is 13.2 Å². The third-order valence-corrected chi connectivity index (χ3v) is 7.82. The van der Waals surface area contributed by atoms with Gasteiger partial charge < -0.3 is 14.8 Å². The molecule has 1 amide bonds. The van der Waals surface area contributed by atoms with Crippen molar-refractivity contribution >= 4 is 27.5 Å². The van der Waals surface area contributed by atoms with Gasteiger partial charge in [0.05, 0.1) is 29.7 Å². The number of piperidine rings is 1. The predicted octanol–water partition coefficient (Wildman–Crippen LogP) is 4.03. The molecule has 0 bridgehead atoms. The number of carbonyl (C=O) groups excluding carboxylic acids is 1. The van der Waals surface area contributed by atoms with E-state index in [2.05, 4.69) is 5.32 Å². The maximum Gasteiger partial charge on any atom is 0.243 e. The highest BCUT2D eigenvalue weighted by Gasteiger charge is 2.33. The highest BCUT2D eigenvalue weighted by molar-refractivity contribution is 7.89. The van der Waals surface area contributed by atoms with Crippen molar-refractivity contribution in [1.29, 1.82) is 0 Å². The van der Waals surface area contributed by atoms with E-state index in [1.165, 1.54) is 16.4 Å². The Hall–Kier alpha value is -2.29. The third-order valence-electron chi connectivity index (χ3n) is 5.63. The van der Waals surface area contributed by atoms with Crippen LogP contribution in [0, 0.1) is 5.92 Å². The van der Waals surface area contributed by atoms with Crippen LogP contribution in [0.4, 0.5) is 0 Å². The van der Waals surface area contributed by atoms with Gasteiger partial charge in [-0.15, -0.1) is 0 Å². The number of carbonyl (C=O) groups is 1. The first-order valence-electron chi connectivity index (χ1n) is 10.6. The molecule has 1 fully saturated rings. The number of rotatable bonds is 8. The smallest absolute Gasteiger partial charge is 0.243 e. The SMILES string of the molecule is CCOc1ccc(S(=O)(=O)N2CCC(C(=O)NC(C)c3ccccc3OC)CC2)cc1Cl. The van der Waals surface area contributed by atoms with Gasteiger partial charge in [0, 0.05) is 24.6 Å². The van der Waals surface area contributed by atoms with Crippen LogP contribution in [-0.4, -0.2) is 45.4 Å². The summed E-state index contributed by atoms with van der Waals surface area (Å²) in [6, 6.07) is 11.8. The molecule has 1 saturated heterocycles. The second-order valence-corrected chi connectivity index (χ2v) is 10.0. The number of nitrogens with one attached hydrogen (secondary N) is 1. The molecule has 0 aliphatic carbocycles. The molecule has 0 spiro atoms. The number of amides is 1. The fourth-order valence-electron chi connectivity index (χ4n) is 3.86. The summed E-state index contributed by atoms with van der Waals surface area (Å²) in [5.74, 6) is 0.843. The summed E-state index contributed by atoms with van der Waals surface area (Å²) in [4.78, 5) is 12.9. The van der Waals surface area contributed by atoms with Crippen LogP contribution in [0.1, 0.15) is 38.3 Å². The highest BCUT2D eigenvalue weighted by Crippen LogP contribution is 2.31. The molecule has 174 valence electrons. The Morgan fingerprint density at radius 3 is 2.50 bits per heavy atom. The normalized spacial score (nSPS) is 16.4. The number of benzene rings is 2. The molecule has 1 heterocycles. The molecule has 9 heteroatoms. The number of methoxy groups -OCH3 is 1. The van der Waals surface area contributed by atoms with Crippen LogP contribution in [0.3, 0.4) is 0 Å². The van der Waals surface area contributed by atoms with Crippen LogP contribution >= 0.6 is 11.6 Å². The third kappa shape index (κ3) is 5.36. The maximum atomic E-state index is 13.0. The number of hydrogen-bond donors (Lipinski definition) is 1. The maximum absolute atomic E-state index is 13.0. The Bertz CT molecular complexity index is 1050. The summed E-state index contributed by atoms with van der Waals surface area (Å²) in [7, 11) is -2.10. The molecule has 0 radical (unpaired) electrons. The fourth-order valence-corrected chi connectivity index (χ4v) is 5.65. The molecular formula is C23H29ClN2O5S. The van der Waals surface area contributed by atoms with Gasteiger partial charge in [0.1, 0.15) is 11.5 Å². The van der Waals surface area contributed by atoms with Crippen LogP contribution < -0.4 is 14.8 Å². The Morgan fingerprint density at radius 2 is 1.88 bits per heavy atom. The van der Waals surface area contributed by atoms with Crippen molar-refractivity contribution in [2.75, 3.05) is 26.8 Å². The Labute approximate surface area is 194 Å². The zero-order valence-electron chi connectivity index (χ0n) is 18.5. The van der Waals surface area contributed by atoms with Gasteiger partial charge in [0.25, 0.3) is 0 Å². The summed E-state index contributed by atoms with van der Waals surface area (Å²) in [6.07, 6.45) is 0.906. The number of ether oxygens (including phenoxy) is 2. The van der Waals surface area contributed by atoms with Crippen molar-refractivity contribution in [1.82, 2.24) is 9.62 Å². The topological polar surface area (TPSA) is 84.9 Å². The fraction of sp³-hybridized carbons (Fsp3) is 0.435. The summed E-state index contributed by atoms with van der Waals surface area (Å²) in [5.41, 5.74) is 0.899. The van der Waals surface area contributed by atoms with Crippen molar-refractivity contribution in [2.24, 2.45) is 5.92 Å². The second kappa shape index (κ2) is 10.6. The zero-order valence-corrected chi connectivity index (χ0v) is 20.1. The minimum atomic E-state index is -3.70. The average molecular weight is 481 g/mol. The van der Waals surface area contributed by atoms with Gasteiger partial charge in [0.15, 0.2) is 0 Å². The first-order chi connectivity index (χ1) is 15.3. The number of nitrogens with zero attached hydrogens (tertiary/aromatic N) is 1. The molecule has 32 heavy (non-hydrogen) atoms. The zero-order chi connectivity index (χ0) is 23.3. The van der Waals surface area contributed by atoms with Crippen molar-refractivity contribution in [2.45, 2.75) is 37.6 Å². The molecule has 3 rings (SSSR count). The molecule has 7 nitrogen and oxygen atoms in total. The molecule has 0 aromatic heterocycles. The van der Waals surface area contributed by atoms with Gasteiger partial charge in [-0.1, -0.05) is 29.8 Å². The van der Waals surface area contributed by atoms with Crippen molar-refractivity contribution in [3.63, 3.8) is 0 Å². The summed E-state index contributed by atoms with van der Waals surface area (Å²) < 4.78 is 38.2. The number of sulfonamides is 1.